The number of carboxylic acid groups (broad SMARTS) is 1. The third-order valence-corrected chi connectivity index (χ3v) is 6.74. The lowest BCUT2D eigenvalue weighted by molar-refractivity contribution is -0.274. The minimum absolute atomic E-state index is 0.153. The van der Waals surface area contributed by atoms with Gasteiger partial charge in [0.2, 0.25) is 0 Å². The highest BCUT2D eigenvalue weighted by Crippen LogP contribution is 2.40. The number of hydrogen-bond donors (Lipinski definition) is 1. The van der Waals surface area contributed by atoms with Gasteiger partial charge in [0, 0.05) is 24.2 Å². The largest absolute Gasteiger partial charge is 0.573 e. The van der Waals surface area contributed by atoms with Crippen LogP contribution < -0.4 is 9.47 Å². The number of hydrogen-bond acceptors (Lipinski definition) is 4. The Labute approximate surface area is 231 Å². The second kappa shape index (κ2) is 12.7. The fourth-order valence-corrected chi connectivity index (χ4v) is 4.85. The normalized spacial score (nSPS) is 13.1. The van der Waals surface area contributed by atoms with Crippen molar-refractivity contribution in [3.05, 3.63) is 120 Å². The zero-order chi connectivity index (χ0) is 28.7. The van der Waals surface area contributed by atoms with Crippen molar-refractivity contribution in [3.63, 3.8) is 0 Å². The molecule has 208 valence electrons. The summed E-state index contributed by atoms with van der Waals surface area (Å²) in [5.41, 5.74) is 3.71. The van der Waals surface area contributed by atoms with E-state index in [-0.39, 0.29) is 18.2 Å². The van der Waals surface area contributed by atoms with E-state index in [4.69, 9.17) is 4.74 Å². The lowest BCUT2D eigenvalue weighted by Gasteiger charge is -2.37. The van der Waals surface area contributed by atoms with Crippen LogP contribution in [-0.2, 0) is 11.3 Å². The maximum atomic E-state index is 12.9. The predicted molar refractivity (Wildman–Crippen MR) is 147 cm³/mol. The highest BCUT2D eigenvalue weighted by molar-refractivity contribution is 5.73. The van der Waals surface area contributed by atoms with Gasteiger partial charge >= 0.3 is 12.3 Å². The van der Waals surface area contributed by atoms with Gasteiger partial charge in [0.1, 0.15) is 11.5 Å². The standard InChI is InChI=1S/C32H30F3NO4/c1-22(24-12-7-4-8-13-24)36(21-23-10-5-3-6-11-23)29(20-31(37)38)26-16-17-30(39-2)28(19-26)25-14-9-15-27(18-25)40-32(33,34)35/h3-19,22,29H,20-21H2,1-2H3,(H,37,38). The molecule has 2 unspecified atom stereocenters. The first kappa shape index (κ1) is 28.7. The Morgan fingerprint density at radius 2 is 1.55 bits per heavy atom. The third kappa shape index (κ3) is 7.42. The van der Waals surface area contributed by atoms with E-state index in [1.807, 2.05) is 73.7 Å². The average Bonchev–Trinajstić information content (AvgIpc) is 2.94. The summed E-state index contributed by atoms with van der Waals surface area (Å²) in [4.78, 5) is 14.3. The van der Waals surface area contributed by atoms with Gasteiger partial charge in [0.25, 0.3) is 0 Å². The molecule has 0 aliphatic carbocycles. The molecule has 4 aromatic carbocycles. The van der Waals surface area contributed by atoms with Crippen molar-refractivity contribution in [2.75, 3.05) is 7.11 Å². The molecule has 0 bridgehead atoms. The van der Waals surface area contributed by atoms with E-state index in [9.17, 15) is 23.1 Å². The highest BCUT2D eigenvalue weighted by atomic mass is 19.4. The number of carbonyl (C=O) groups is 1. The summed E-state index contributed by atoms with van der Waals surface area (Å²) in [7, 11) is 1.47. The van der Waals surface area contributed by atoms with Crippen molar-refractivity contribution in [1.29, 1.82) is 0 Å². The van der Waals surface area contributed by atoms with Crippen molar-refractivity contribution in [2.24, 2.45) is 0 Å². The minimum Gasteiger partial charge on any atom is -0.496 e. The Balaban J connectivity index is 1.82. The van der Waals surface area contributed by atoms with Gasteiger partial charge in [-0.25, -0.2) is 0 Å². The molecule has 0 spiro atoms. The smallest absolute Gasteiger partial charge is 0.496 e. The molecule has 0 aliphatic heterocycles. The van der Waals surface area contributed by atoms with Gasteiger partial charge < -0.3 is 14.6 Å². The number of nitrogens with zero attached hydrogens (tertiary/aromatic N) is 1. The van der Waals surface area contributed by atoms with E-state index in [0.29, 0.717) is 29.0 Å². The van der Waals surface area contributed by atoms with Crippen molar-refractivity contribution in [1.82, 2.24) is 4.90 Å². The lowest BCUT2D eigenvalue weighted by Crippen LogP contribution is -2.32. The van der Waals surface area contributed by atoms with Crippen LogP contribution in [0.5, 0.6) is 11.5 Å². The monoisotopic (exact) mass is 549 g/mol. The summed E-state index contributed by atoms with van der Waals surface area (Å²) in [6, 6.07) is 29.9. The number of ether oxygens (including phenoxy) is 2. The third-order valence-electron chi connectivity index (χ3n) is 6.74. The average molecular weight is 550 g/mol. The van der Waals surface area contributed by atoms with Crippen LogP contribution in [0.3, 0.4) is 0 Å². The quantitative estimate of drug-likeness (QED) is 0.205. The Hall–Kier alpha value is -4.30. The first-order chi connectivity index (χ1) is 19.1. The van der Waals surface area contributed by atoms with E-state index in [0.717, 1.165) is 11.1 Å². The van der Waals surface area contributed by atoms with Gasteiger partial charge in [-0.2, -0.15) is 0 Å². The molecule has 4 aromatic rings. The van der Waals surface area contributed by atoms with Crippen LogP contribution in [0.25, 0.3) is 11.1 Å². The predicted octanol–water partition coefficient (Wildman–Crippen LogP) is 8.04. The Morgan fingerprint density at radius 3 is 2.17 bits per heavy atom. The van der Waals surface area contributed by atoms with Crippen molar-refractivity contribution >= 4 is 5.97 Å². The van der Waals surface area contributed by atoms with Crippen LogP contribution in [0.4, 0.5) is 13.2 Å². The van der Waals surface area contributed by atoms with Gasteiger partial charge in [-0.05, 0) is 53.4 Å². The first-order valence-electron chi connectivity index (χ1n) is 12.7. The molecule has 0 saturated carbocycles. The van der Waals surface area contributed by atoms with Crippen LogP contribution in [0.15, 0.2) is 103 Å². The summed E-state index contributed by atoms with van der Waals surface area (Å²) < 4.78 is 48.3. The van der Waals surface area contributed by atoms with Crippen molar-refractivity contribution < 1.29 is 32.5 Å². The molecule has 0 aromatic heterocycles. The number of halogens is 3. The van der Waals surface area contributed by atoms with E-state index in [1.165, 1.54) is 25.3 Å². The van der Waals surface area contributed by atoms with Gasteiger partial charge in [-0.3, -0.25) is 9.69 Å². The van der Waals surface area contributed by atoms with E-state index < -0.39 is 18.4 Å². The van der Waals surface area contributed by atoms with E-state index in [2.05, 4.69) is 9.64 Å². The summed E-state index contributed by atoms with van der Waals surface area (Å²) >= 11 is 0. The molecule has 0 saturated heterocycles. The Morgan fingerprint density at radius 1 is 0.875 bits per heavy atom. The van der Waals surface area contributed by atoms with E-state index >= 15 is 0 Å². The second-order valence-corrected chi connectivity index (χ2v) is 9.39. The van der Waals surface area contributed by atoms with Crippen LogP contribution in [-0.4, -0.2) is 29.4 Å². The second-order valence-electron chi connectivity index (χ2n) is 9.39. The van der Waals surface area contributed by atoms with Crippen molar-refractivity contribution in [2.45, 2.75) is 38.3 Å². The molecule has 0 amide bonds. The van der Waals surface area contributed by atoms with E-state index in [1.54, 1.807) is 18.2 Å². The molecule has 0 heterocycles. The summed E-state index contributed by atoms with van der Waals surface area (Å²) in [6.07, 6.45) is -5.02. The highest BCUT2D eigenvalue weighted by Gasteiger charge is 2.32. The number of rotatable bonds is 11. The van der Waals surface area contributed by atoms with Crippen LogP contribution in [0, 0.1) is 0 Å². The van der Waals surface area contributed by atoms with Crippen molar-refractivity contribution in [3.8, 4) is 22.6 Å². The number of benzene rings is 4. The molecule has 40 heavy (non-hydrogen) atoms. The maximum absolute atomic E-state index is 12.9. The number of alkyl halides is 3. The summed E-state index contributed by atoms with van der Waals surface area (Å²) in [5, 5.41) is 9.97. The fraction of sp³-hybridized carbons (Fsp3) is 0.219. The molecule has 5 nitrogen and oxygen atoms in total. The lowest BCUT2D eigenvalue weighted by atomic mass is 9.93. The number of aliphatic carboxylic acids is 1. The van der Waals surface area contributed by atoms with Gasteiger partial charge in [-0.15, -0.1) is 13.2 Å². The zero-order valence-corrected chi connectivity index (χ0v) is 22.1. The molecule has 4 rings (SSSR count). The first-order valence-corrected chi connectivity index (χ1v) is 12.7. The summed E-state index contributed by atoms with van der Waals surface area (Å²) in [5.74, 6) is -0.892. The molecular formula is C32H30F3NO4. The molecule has 1 N–H and O–H groups in total. The van der Waals surface area contributed by atoms with Gasteiger partial charge in [0.15, 0.2) is 0 Å². The Bertz CT molecular complexity index is 1410. The topological polar surface area (TPSA) is 59.0 Å². The molecule has 0 aliphatic rings. The Kier molecular flexibility index (Phi) is 9.11. The molecule has 2 atom stereocenters. The van der Waals surface area contributed by atoms with Crippen LogP contribution >= 0.6 is 0 Å². The number of methoxy groups -OCH3 is 1. The van der Waals surface area contributed by atoms with Crippen LogP contribution in [0.1, 0.15) is 42.1 Å². The zero-order valence-electron chi connectivity index (χ0n) is 22.1. The maximum Gasteiger partial charge on any atom is 0.573 e. The number of carboxylic acids is 1. The summed E-state index contributed by atoms with van der Waals surface area (Å²) in [6.45, 7) is 2.51. The van der Waals surface area contributed by atoms with Gasteiger partial charge in [0.05, 0.1) is 13.5 Å². The molecule has 0 fully saturated rings. The molecule has 0 radical (unpaired) electrons. The fourth-order valence-electron chi connectivity index (χ4n) is 4.85. The van der Waals surface area contributed by atoms with Gasteiger partial charge in [-0.1, -0.05) is 78.9 Å². The molecule has 8 heteroatoms. The SMILES string of the molecule is COc1ccc(C(CC(=O)O)N(Cc2ccccc2)C(C)c2ccccc2)cc1-c1cccc(OC(F)(F)F)c1. The molecular weight excluding hydrogens is 519 g/mol. The minimum atomic E-state index is -4.83. The van der Waals surface area contributed by atoms with Crippen LogP contribution in [0.2, 0.25) is 0 Å².